The van der Waals surface area contributed by atoms with Gasteiger partial charge in [-0.1, -0.05) is 0 Å². The van der Waals surface area contributed by atoms with Crippen molar-refractivity contribution in [1.82, 2.24) is 0 Å². The molecule has 12 heavy (non-hydrogen) atoms. The first kappa shape index (κ1) is 11.0. The van der Waals surface area contributed by atoms with E-state index >= 15 is 0 Å². The first-order valence-corrected chi connectivity index (χ1v) is 3.84. The predicted molar refractivity (Wildman–Crippen MR) is 43.4 cm³/mol. The average molecular weight is 174 g/mol. The van der Waals surface area contributed by atoms with E-state index in [9.17, 15) is 4.79 Å². The lowest BCUT2D eigenvalue weighted by Gasteiger charge is -2.03. The summed E-state index contributed by atoms with van der Waals surface area (Å²) in [5.74, 6) is -0.534. The second-order valence-corrected chi connectivity index (χ2v) is 1.98. The van der Waals surface area contributed by atoms with Crippen LogP contribution in [-0.2, 0) is 14.3 Å². The SMILES string of the molecule is CCO/C=C(\CO)C(=O)OCC. The topological polar surface area (TPSA) is 55.8 Å². The van der Waals surface area contributed by atoms with Crippen molar-refractivity contribution in [3.8, 4) is 0 Å². The van der Waals surface area contributed by atoms with Gasteiger partial charge in [-0.25, -0.2) is 4.79 Å². The summed E-state index contributed by atoms with van der Waals surface area (Å²) in [6.07, 6.45) is 1.22. The third kappa shape index (κ3) is 3.98. The Morgan fingerprint density at radius 2 is 2.08 bits per heavy atom. The zero-order valence-electron chi connectivity index (χ0n) is 7.37. The van der Waals surface area contributed by atoms with E-state index < -0.39 is 5.97 Å². The number of ether oxygens (including phenoxy) is 2. The molecule has 0 unspecified atom stereocenters. The van der Waals surface area contributed by atoms with Crippen molar-refractivity contribution >= 4 is 5.97 Å². The van der Waals surface area contributed by atoms with Crippen LogP contribution in [-0.4, -0.2) is 30.9 Å². The summed E-state index contributed by atoms with van der Waals surface area (Å²) in [4.78, 5) is 10.9. The third-order valence-electron chi connectivity index (χ3n) is 1.10. The summed E-state index contributed by atoms with van der Waals surface area (Å²) >= 11 is 0. The zero-order valence-corrected chi connectivity index (χ0v) is 7.37. The van der Waals surface area contributed by atoms with Crippen LogP contribution in [0, 0.1) is 0 Å². The molecule has 0 amide bonds. The number of hydrogen-bond donors (Lipinski definition) is 1. The smallest absolute Gasteiger partial charge is 0.339 e. The number of aliphatic hydroxyl groups excluding tert-OH is 1. The molecular formula is C8H14O4. The number of rotatable bonds is 5. The molecule has 0 aromatic rings. The molecule has 0 heterocycles. The molecule has 0 aromatic carbocycles. The summed E-state index contributed by atoms with van der Waals surface area (Å²) in [5.41, 5.74) is 0.138. The molecule has 0 aliphatic carbocycles. The van der Waals surface area contributed by atoms with E-state index in [0.717, 1.165) is 0 Å². The zero-order chi connectivity index (χ0) is 9.40. The summed E-state index contributed by atoms with van der Waals surface area (Å²) < 4.78 is 9.48. The van der Waals surface area contributed by atoms with Crippen molar-refractivity contribution in [1.29, 1.82) is 0 Å². The fraction of sp³-hybridized carbons (Fsp3) is 0.625. The number of esters is 1. The number of carbonyl (C=O) groups is 1. The number of hydrogen-bond acceptors (Lipinski definition) is 4. The minimum absolute atomic E-state index is 0.138. The molecular weight excluding hydrogens is 160 g/mol. The maximum absolute atomic E-state index is 10.9. The normalized spacial score (nSPS) is 11.1. The highest BCUT2D eigenvalue weighted by molar-refractivity contribution is 5.88. The Balaban J connectivity index is 4.04. The maximum atomic E-state index is 10.9. The van der Waals surface area contributed by atoms with Crippen molar-refractivity contribution in [3.05, 3.63) is 11.8 Å². The fourth-order valence-corrected chi connectivity index (χ4v) is 0.558. The molecule has 70 valence electrons. The van der Waals surface area contributed by atoms with E-state index in [2.05, 4.69) is 4.74 Å². The number of aliphatic hydroxyl groups is 1. The molecule has 0 aliphatic rings. The second-order valence-electron chi connectivity index (χ2n) is 1.98. The van der Waals surface area contributed by atoms with E-state index in [1.165, 1.54) is 6.26 Å². The van der Waals surface area contributed by atoms with Crippen LogP contribution in [0.5, 0.6) is 0 Å². The summed E-state index contributed by atoms with van der Waals surface area (Å²) in [6, 6.07) is 0. The lowest BCUT2D eigenvalue weighted by Crippen LogP contribution is -2.11. The van der Waals surface area contributed by atoms with Gasteiger partial charge in [-0.3, -0.25) is 0 Å². The van der Waals surface area contributed by atoms with Gasteiger partial charge in [-0.05, 0) is 13.8 Å². The molecule has 0 aromatic heterocycles. The third-order valence-corrected chi connectivity index (χ3v) is 1.10. The molecule has 0 saturated carbocycles. The fourth-order valence-electron chi connectivity index (χ4n) is 0.558. The summed E-state index contributed by atoms with van der Waals surface area (Å²) in [7, 11) is 0. The van der Waals surface area contributed by atoms with Gasteiger partial charge in [0.25, 0.3) is 0 Å². The van der Waals surface area contributed by atoms with Crippen LogP contribution in [0.15, 0.2) is 11.8 Å². The van der Waals surface area contributed by atoms with Gasteiger partial charge < -0.3 is 14.6 Å². The highest BCUT2D eigenvalue weighted by Crippen LogP contribution is 1.97. The standard InChI is InChI=1S/C8H14O4/c1-3-11-6-7(5-9)8(10)12-4-2/h6,9H,3-5H2,1-2H3/b7-6+. The maximum Gasteiger partial charge on any atom is 0.339 e. The molecule has 0 aliphatic heterocycles. The van der Waals surface area contributed by atoms with Crippen LogP contribution in [0.4, 0.5) is 0 Å². The average Bonchev–Trinajstić information content (AvgIpc) is 2.06. The molecule has 0 saturated heterocycles. The Hall–Kier alpha value is -1.03. The van der Waals surface area contributed by atoms with Crippen molar-refractivity contribution in [2.45, 2.75) is 13.8 Å². The molecule has 0 radical (unpaired) electrons. The Labute approximate surface area is 71.8 Å². The van der Waals surface area contributed by atoms with Crippen LogP contribution in [0.3, 0.4) is 0 Å². The largest absolute Gasteiger partial charge is 0.501 e. The van der Waals surface area contributed by atoms with Gasteiger partial charge in [0.1, 0.15) is 0 Å². The molecule has 0 bridgehead atoms. The highest BCUT2D eigenvalue weighted by atomic mass is 16.5. The summed E-state index contributed by atoms with van der Waals surface area (Å²) in [6.45, 7) is 3.88. The molecule has 0 rings (SSSR count). The molecule has 0 atom stereocenters. The van der Waals surface area contributed by atoms with Crippen molar-refractivity contribution < 1.29 is 19.4 Å². The number of carbonyl (C=O) groups excluding carboxylic acids is 1. The predicted octanol–water partition coefficient (Wildman–Crippen LogP) is 0.462. The lowest BCUT2D eigenvalue weighted by molar-refractivity contribution is -0.139. The monoisotopic (exact) mass is 174 g/mol. The Bertz CT molecular complexity index is 162. The Morgan fingerprint density at radius 1 is 1.42 bits per heavy atom. The van der Waals surface area contributed by atoms with Crippen LogP contribution in [0.2, 0.25) is 0 Å². The molecule has 4 heteroatoms. The minimum atomic E-state index is -0.534. The van der Waals surface area contributed by atoms with Gasteiger partial charge in [0.2, 0.25) is 0 Å². The van der Waals surface area contributed by atoms with E-state index in [4.69, 9.17) is 9.84 Å². The molecule has 0 fully saturated rings. The quantitative estimate of drug-likeness (QED) is 0.374. The highest BCUT2D eigenvalue weighted by Gasteiger charge is 2.08. The van der Waals surface area contributed by atoms with Gasteiger partial charge in [-0.15, -0.1) is 0 Å². The molecule has 0 spiro atoms. The van der Waals surface area contributed by atoms with Gasteiger partial charge in [0.15, 0.2) is 0 Å². The molecule has 1 N–H and O–H groups in total. The van der Waals surface area contributed by atoms with Crippen LogP contribution in [0.25, 0.3) is 0 Å². The lowest BCUT2D eigenvalue weighted by atomic mass is 10.3. The summed E-state index contributed by atoms with van der Waals surface area (Å²) in [5, 5.41) is 8.70. The first-order chi connectivity index (χ1) is 5.76. The van der Waals surface area contributed by atoms with E-state index in [0.29, 0.717) is 13.2 Å². The Kier molecular flexibility index (Phi) is 6.09. The van der Waals surface area contributed by atoms with Crippen molar-refractivity contribution in [2.24, 2.45) is 0 Å². The van der Waals surface area contributed by atoms with Gasteiger partial charge in [0.05, 0.1) is 31.7 Å². The van der Waals surface area contributed by atoms with Crippen molar-refractivity contribution in [3.63, 3.8) is 0 Å². The van der Waals surface area contributed by atoms with Crippen LogP contribution >= 0.6 is 0 Å². The molecule has 4 nitrogen and oxygen atoms in total. The second kappa shape index (κ2) is 6.67. The van der Waals surface area contributed by atoms with Gasteiger partial charge in [-0.2, -0.15) is 0 Å². The first-order valence-electron chi connectivity index (χ1n) is 3.84. The van der Waals surface area contributed by atoms with Crippen molar-refractivity contribution in [2.75, 3.05) is 19.8 Å². The van der Waals surface area contributed by atoms with E-state index in [-0.39, 0.29) is 12.2 Å². The van der Waals surface area contributed by atoms with Gasteiger partial charge >= 0.3 is 5.97 Å². The van der Waals surface area contributed by atoms with Crippen LogP contribution < -0.4 is 0 Å². The van der Waals surface area contributed by atoms with E-state index in [1.807, 2.05) is 0 Å². The Morgan fingerprint density at radius 3 is 2.50 bits per heavy atom. The van der Waals surface area contributed by atoms with Gasteiger partial charge in [0, 0.05) is 0 Å². The van der Waals surface area contributed by atoms with Crippen LogP contribution in [0.1, 0.15) is 13.8 Å². The minimum Gasteiger partial charge on any atom is -0.501 e. The van der Waals surface area contributed by atoms with E-state index in [1.54, 1.807) is 13.8 Å².